The molecular weight excluding hydrogens is 130 g/mol. The molecular formula is C2H5N3O4. The monoisotopic (exact) mass is 135 g/mol. The number of urea groups is 2. The van der Waals surface area contributed by atoms with Crippen LogP contribution in [0.1, 0.15) is 0 Å². The minimum atomic E-state index is -1.29. The average Bonchev–Trinajstić information content (AvgIpc) is 1.64. The SMILES string of the molecule is NC(=O)N(OO)C(N)=O. The molecule has 0 unspecified atom stereocenters. The molecule has 4 amide bonds. The third kappa shape index (κ3) is 1.93. The minimum absolute atomic E-state index is 0.208. The van der Waals surface area contributed by atoms with Crippen molar-refractivity contribution >= 4 is 12.1 Å². The van der Waals surface area contributed by atoms with E-state index in [2.05, 4.69) is 16.5 Å². The van der Waals surface area contributed by atoms with Crippen LogP contribution in [-0.4, -0.2) is 22.4 Å². The molecule has 0 rings (SSSR count). The molecule has 0 aliphatic heterocycles. The largest absolute Gasteiger partial charge is 0.350 e. The Bertz CT molecular complexity index is 120. The molecule has 0 spiro atoms. The van der Waals surface area contributed by atoms with E-state index >= 15 is 0 Å². The van der Waals surface area contributed by atoms with Gasteiger partial charge in [-0.3, -0.25) is 0 Å². The summed E-state index contributed by atoms with van der Waals surface area (Å²) in [5.74, 6) is 0. The van der Waals surface area contributed by atoms with E-state index in [1.165, 1.54) is 0 Å². The van der Waals surface area contributed by atoms with Gasteiger partial charge in [0.2, 0.25) is 0 Å². The lowest BCUT2D eigenvalue weighted by Crippen LogP contribution is -2.43. The second kappa shape index (κ2) is 2.84. The molecule has 0 fully saturated rings. The first-order valence-electron chi connectivity index (χ1n) is 1.80. The molecule has 0 aliphatic carbocycles. The number of amides is 4. The van der Waals surface area contributed by atoms with E-state index in [1.807, 2.05) is 0 Å². The molecule has 0 bridgehead atoms. The van der Waals surface area contributed by atoms with Crippen LogP contribution in [0.2, 0.25) is 0 Å². The highest BCUT2D eigenvalue weighted by Gasteiger charge is 2.15. The molecule has 0 heterocycles. The van der Waals surface area contributed by atoms with Crippen LogP contribution in [0.4, 0.5) is 9.59 Å². The summed E-state index contributed by atoms with van der Waals surface area (Å²) < 4.78 is 0. The quantitative estimate of drug-likeness (QED) is 0.310. The third-order valence-corrected chi connectivity index (χ3v) is 0.482. The van der Waals surface area contributed by atoms with Gasteiger partial charge < -0.3 is 11.5 Å². The summed E-state index contributed by atoms with van der Waals surface area (Å²) in [6, 6.07) is -2.57. The van der Waals surface area contributed by atoms with Crippen molar-refractivity contribution in [2.45, 2.75) is 0 Å². The van der Waals surface area contributed by atoms with Gasteiger partial charge in [-0.05, 0) is 0 Å². The van der Waals surface area contributed by atoms with Crippen LogP contribution in [0.15, 0.2) is 0 Å². The van der Waals surface area contributed by atoms with Crippen molar-refractivity contribution in [2.24, 2.45) is 11.5 Å². The molecule has 0 aromatic rings. The van der Waals surface area contributed by atoms with E-state index in [0.717, 1.165) is 0 Å². The molecule has 52 valence electrons. The van der Waals surface area contributed by atoms with Gasteiger partial charge in [-0.1, -0.05) is 5.06 Å². The number of nitrogens with two attached hydrogens (primary N) is 2. The molecule has 0 aliphatic rings. The Hall–Kier alpha value is -1.34. The zero-order chi connectivity index (χ0) is 7.44. The standard InChI is InChI=1S/C2H5N3O4/c3-1(6)5(9-8)2(4)7/h8H,(H2,3,6)(H2,4,7). The number of primary amides is 2. The second-order valence-electron chi connectivity index (χ2n) is 1.05. The van der Waals surface area contributed by atoms with Crippen LogP contribution in [0.25, 0.3) is 0 Å². The predicted molar refractivity (Wildman–Crippen MR) is 24.7 cm³/mol. The fourth-order valence-corrected chi connectivity index (χ4v) is 0.189. The van der Waals surface area contributed by atoms with Crippen molar-refractivity contribution in [3.63, 3.8) is 0 Å². The normalized spacial score (nSPS) is 8.56. The topological polar surface area (TPSA) is 119 Å². The third-order valence-electron chi connectivity index (χ3n) is 0.482. The highest BCUT2D eigenvalue weighted by Crippen LogP contribution is 1.83. The van der Waals surface area contributed by atoms with Crippen molar-refractivity contribution in [3.05, 3.63) is 0 Å². The summed E-state index contributed by atoms with van der Waals surface area (Å²) in [5, 5.41) is 7.48. The maximum atomic E-state index is 9.93. The van der Waals surface area contributed by atoms with Gasteiger partial charge in [0.1, 0.15) is 0 Å². The van der Waals surface area contributed by atoms with E-state index in [4.69, 9.17) is 5.26 Å². The van der Waals surface area contributed by atoms with Gasteiger partial charge >= 0.3 is 12.1 Å². The molecule has 7 heteroatoms. The maximum absolute atomic E-state index is 9.93. The van der Waals surface area contributed by atoms with Crippen molar-refractivity contribution in [3.8, 4) is 0 Å². The first-order chi connectivity index (χ1) is 4.09. The molecule has 9 heavy (non-hydrogen) atoms. The highest BCUT2D eigenvalue weighted by atomic mass is 17.2. The molecule has 5 N–H and O–H groups in total. The minimum Gasteiger partial charge on any atom is -0.349 e. The van der Waals surface area contributed by atoms with Crippen molar-refractivity contribution < 1.29 is 19.8 Å². The lowest BCUT2D eigenvalue weighted by Gasteiger charge is -2.07. The number of rotatable bonds is 1. The number of carbonyl (C=O) groups excluding carboxylic acids is 2. The first kappa shape index (κ1) is 7.66. The Morgan fingerprint density at radius 3 is 1.67 bits per heavy atom. The fourth-order valence-electron chi connectivity index (χ4n) is 0.189. The van der Waals surface area contributed by atoms with Crippen LogP contribution < -0.4 is 11.5 Å². The van der Waals surface area contributed by atoms with E-state index < -0.39 is 12.1 Å². The van der Waals surface area contributed by atoms with Crippen LogP contribution in [-0.2, 0) is 4.99 Å². The summed E-state index contributed by atoms with van der Waals surface area (Å²) in [5.41, 5.74) is 8.90. The van der Waals surface area contributed by atoms with E-state index in [1.54, 1.807) is 0 Å². The van der Waals surface area contributed by atoms with Crippen LogP contribution in [0, 0.1) is 0 Å². The molecule has 0 aromatic heterocycles. The first-order valence-corrected chi connectivity index (χ1v) is 1.80. The Morgan fingerprint density at radius 2 is 1.67 bits per heavy atom. The number of hydrogen-bond donors (Lipinski definition) is 3. The van der Waals surface area contributed by atoms with Gasteiger partial charge in [0.05, 0.1) is 0 Å². The molecule has 0 aromatic carbocycles. The summed E-state index contributed by atoms with van der Waals surface area (Å²) in [7, 11) is 0. The van der Waals surface area contributed by atoms with Crippen molar-refractivity contribution in [2.75, 3.05) is 0 Å². The average molecular weight is 135 g/mol. The predicted octanol–water partition coefficient (Wildman–Crippen LogP) is -1.15. The lowest BCUT2D eigenvalue weighted by molar-refractivity contribution is -0.348. The number of hydrogen-bond acceptors (Lipinski definition) is 4. The van der Waals surface area contributed by atoms with Gasteiger partial charge in [0.25, 0.3) is 0 Å². The van der Waals surface area contributed by atoms with E-state index in [-0.39, 0.29) is 5.06 Å². The Kier molecular flexibility index (Phi) is 2.42. The van der Waals surface area contributed by atoms with Gasteiger partial charge in [0.15, 0.2) is 0 Å². The number of hydroxylamine groups is 2. The highest BCUT2D eigenvalue weighted by molar-refractivity contribution is 5.90. The second-order valence-corrected chi connectivity index (χ2v) is 1.05. The molecule has 0 saturated carbocycles. The molecule has 0 radical (unpaired) electrons. The number of nitrogens with zero attached hydrogens (tertiary/aromatic N) is 1. The van der Waals surface area contributed by atoms with Gasteiger partial charge in [-0.2, -0.15) is 0 Å². The Balaban J connectivity index is 3.99. The van der Waals surface area contributed by atoms with Crippen LogP contribution >= 0.6 is 0 Å². The van der Waals surface area contributed by atoms with Gasteiger partial charge in [-0.25, -0.2) is 14.8 Å². The molecule has 7 nitrogen and oxygen atoms in total. The lowest BCUT2D eigenvalue weighted by atomic mass is 10.9. The van der Waals surface area contributed by atoms with E-state index in [9.17, 15) is 9.59 Å². The van der Waals surface area contributed by atoms with Gasteiger partial charge in [-0.15, -0.1) is 4.99 Å². The number of carbonyl (C=O) groups is 2. The van der Waals surface area contributed by atoms with Gasteiger partial charge in [0, 0.05) is 0 Å². The van der Waals surface area contributed by atoms with Crippen molar-refractivity contribution in [1.29, 1.82) is 0 Å². The zero-order valence-electron chi connectivity index (χ0n) is 4.27. The summed E-state index contributed by atoms with van der Waals surface area (Å²) in [4.78, 5) is 23.0. The van der Waals surface area contributed by atoms with Crippen LogP contribution in [0.3, 0.4) is 0 Å². The maximum Gasteiger partial charge on any atom is 0.350 e. The summed E-state index contributed by atoms with van der Waals surface area (Å²) in [6.07, 6.45) is 0. The Morgan fingerprint density at radius 1 is 1.33 bits per heavy atom. The summed E-state index contributed by atoms with van der Waals surface area (Å²) >= 11 is 0. The fraction of sp³-hybridized carbons (Fsp3) is 0. The van der Waals surface area contributed by atoms with E-state index in [0.29, 0.717) is 0 Å². The molecule has 0 saturated heterocycles. The van der Waals surface area contributed by atoms with Crippen molar-refractivity contribution in [1.82, 2.24) is 5.06 Å². The smallest absolute Gasteiger partial charge is 0.349 e. The Labute approximate surface area is 49.7 Å². The number of imide groups is 1. The summed E-state index contributed by atoms with van der Waals surface area (Å²) in [6.45, 7) is 0. The van der Waals surface area contributed by atoms with Crippen LogP contribution in [0.5, 0.6) is 0 Å². The zero-order valence-corrected chi connectivity index (χ0v) is 4.27. The molecule has 0 atom stereocenters.